The van der Waals surface area contributed by atoms with Crippen molar-refractivity contribution in [2.75, 3.05) is 21.0 Å². The lowest BCUT2D eigenvalue weighted by Crippen LogP contribution is -2.69. The van der Waals surface area contributed by atoms with Crippen LogP contribution in [-0.4, -0.2) is 103 Å². The second-order valence-electron chi connectivity index (χ2n) is 11.9. The first-order valence-electron chi connectivity index (χ1n) is 14.5. The normalized spacial score (nSPS) is 36.1. The van der Waals surface area contributed by atoms with Gasteiger partial charge in [-0.25, -0.2) is 4.79 Å². The zero-order valence-electron chi connectivity index (χ0n) is 25.8. The number of aliphatic hydroxyl groups excluding tert-OH is 2. The average molecular weight is 610 g/mol. The first-order valence-corrected chi connectivity index (χ1v) is 14.5. The Balaban J connectivity index is 1.71. The number of nitrogens with one attached hydrogen (secondary N) is 1. The fourth-order valence-corrected chi connectivity index (χ4v) is 5.84. The molecule has 7 unspecified atom stereocenters. The Morgan fingerprint density at radius 1 is 1.14 bits per heavy atom. The van der Waals surface area contributed by atoms with Gasteiger partial charge in [-0.15, -0.1) is 0 Å². The molecule has 43 heavy (non-hydrogen) atoms. The highest BCUT2D eigenvalue weighted by atomic mass is 16.7. The lowest BCUT2D eigenvalue weighted by atomic mass is 9.72. The second-order valence-corrected chi connectivity index (χ2v) is 11.9. The van der Waals surface area contributed by atoms with Gasteiger partial charge in [0.1, 0.15) is 19.0 Å². The first kappa shape index (κ1) is 35.1. The molecule has 3 fully saturated rings. The monoisotopic (exact) mass is 609 g/mol. The minimum atomic E-state index is -1.69. The number of hydrogen-bond donors (Lipinski definition) is 4. The van der Waals surface area contributed by atoms with Crippen LogP contribution in [0.4, 0.5) is 0 Å². The van der Waals surface area contributed by atoms with E-state index >= 15 is 0 Å². The van der Waals surface area contributed by atoms with E-state index in [2.05, 4.69) is 11.9 Å². The first-order chi connectivity index (χ1) is 20.3. The maximum Gasteiger partial charge on any atom is 0.328 e. The summed E-state index contributed by atoms with van der Waals surface area (Å²) in [6, 6.07) is 0. The molecule has 0 spiro atoms. The van der Waals surface area contributed by atoms with E-state index in [0.717, 1.165) is 11.6 Å². The highest BCUT2D eigenvalue weighted by Gasteiger charge is 2.57. The van der Waals surface area contributed by atoms with Crippen LogP contribution in [0.5, 0.6) is 0 Å². The van der Waals surface area contributed by atoms with Crippen LogP contribution in [0.2, 0.25) is 0 Å². The van der Waals surface area contributed by atoms with E-state index in [9.17, 15) is 19.8 Å². The summed E-state index contributed by atoms with van der Waals surface area (Å²) in [7, 11) is 2.95. The molecule has 3 saturated heterocycles. The van der Waals surface area contributed by atoms with Crippen LogP contribution >= 0.6 is 0 Å². The lowest BCUT2D eigenvalue weighted by Gasteiger charge is -2.54. The number of carboxylic acids is 1. The average Bonchev–Trinajstić information content (AvgIpc) is 2.95. The van der Waals surface area contributed by atoms with Crippen molar-refractivity contribution in [3.05, 3.63) is 48.6 Å². The number of fused-ring (bicyclic) bond motifs is 1. The SMILES string of the molecule is C=C1CC(OC)(C(O)C(=O)NC2OCO[C@H]3C2OC(CC(O)/C=C/C/C=C/C=C/C(=O)O)C(C)(C)C3OC)O[C@H](C)[C@@H]1C. The van der Waals surface area contributed by atoms with E-state index < -0.39 is 65.9 Å². The van der Waals surface area contributed by atoms with Crippen LogP contribution in [-0.2, 0) is 38.0 Å². The molecule has 10 atom stereocenters. The standard InChI is InChI=1S/C31H47NO11/c1-18-16-31(39-7,43-20(3)19(18)2)26(36)28(37)32-29-25-24(40-17-41-29)27(38-6)30(4,5)22(42-25)15-21(33)13-11-9-8-10-12-14-23(34)35/h8,10-14,19-22,24-27,29,33,36H,1,9,15-17H2,2-7H3,(H,32,37)(H,34,35)/b10-8+,13-11+,14-12+/t19-,20-,21?,22?,24+,25?,26?,27?,29?,31?/m1/s1. The molecule has 0 aromatic heterocycles. The minimum absolute atomic E-state index is 0.0302. The van der Waals surface area contributed by atoms with Gasteiger partial charge in [-0.2, -0.15) is 0 Å². The molecule has 0 aliphatic carbocycles. The Morgan fingerprint density at radius 2 is 1.86 bits per heavy atom. The van der Waals surface area contributed by atoms with E-state index in [1.165, 1.54) is 13.2 Å². The second kappa shape index (κ2) is 15.0. The number of rotatable bonds is 12. The van der Waals surface area contributed by atoms with Crippen molar-refractivity contribution in [2.45, 2.75) is 102 Å². The van der Waals surface area contributed by atoms with E-state index in [4.69, 9.17) is 33.5 Å². The number of allylic oxidation sites excluding steroid dienone is 4. The third-order valence-corrected chi connectivity index (χ3v) is 8.64. The summed E-state index contributed by atoms with van der Waals surface area (Å²) in [4.78, 5) is 23.9. The third-order valence-electron chi connectivity index (χ3n) is 8.64. The van der Waals surface area contributed by atoms with Crippen molar-refractivity contribution >= 4 is 11.9 Å². The minimum Gasteiger partial charge on any atom is -0.478 e. The van der Waals surface area contributed by atoms with Gasteiger partial charge in [-0.1, -0.05) is 63.3 Å². The molecule has 0 aromatic carbocycles. The van der Waals surface area contributed by atoms with Crippen molar-refractivity contribution < 1.29 is 53.3 Å². The summed E-state index contributed by atoms with van der Waals surface area (Å²) in [6.07, 6.45) is 3.81. The number of carbonyl (C=O) groups excluding carboxylic acids is 1. The van der Waals surface area contributed by atoms with E-state index in [-0.39, 0.29) is 31.7 Å². The van der Waals surface area contributed by atoms with E-state index in [1.54, 1.807) is 31.4 Å². The molecule has 0 radical (unpaired) electrons. The molecule has 3 aliphatic rings. The summed E-state index contributed by atoms with van der Waals surface area (Å²) in [5, 5.41) is 33.3. The van der Waals surface area contributed by atoms with Gasteiger partial charge in [0.2, 0.25) is 5.79 Å². The quantitative estimate of drug-likeness (QED) is 0.146. The van der Waals surface area contributed by atoms with Crippen LogP contribution in [0, 0.1) is 11.3 Å². The molecule has 4 N–H and O–H groups in total. The maximum atomic E-state index is 13.4. The predicted molar refractivity (Wildman–Crippen MR) is 156 cm³/mol. The van der Waals surface area contributed by atoms with Crippen molar-refractivity contribution in [1.82, 2.24) is 5.32 Å². The summed E-state index contributed by atoms with van der Waals surface area (Å²) in [6.45, 7) is 11.7. The molecule has 3 rings (SSSR count). The van der Waals surface area contributed by atoms with Crippen molar-refractivity contribution in [3.63, 3.8) is 0 Å². The highest BCUT2D eigenvalue weighted by molar-refractivity contribution is 5.82. The molecular formula is C31H47NO11. The highest BCUT2D eigenvalue weighted by Crippen LogP contribution is 2.44. The predicted octanol–water partition coefficient (Wildman–Crippen LogP) is 2.21. The molecule has 242 valence electrons. The third kappa shape index (κ3) is 8.20. The molecule has 0 saturated carbocycles. The summed E-state index contributed by atoms with van der Waals surface area (Å²) >= 11 is 0. The van der Waals surface area contributed by atoms with E-state index in [1.807, 2.05) is 27.7 Å². The summed E-state index contributed by atoms with van der Waals surface area (Å²) < 4.78 is 35.5. The van der Waals surface area contributed by atoms with Crippen LogP contribution < -0.4 is 5.32 Å². The molecule has 3 heterocycles. The van der Waals surface area contributed by atoms with Gasteiger partial charge in [0.05, 0.1) is 24.4 Å². The van der Waals surface area contributed by atoms with Gasteiger partial charge in [0.15, 0.2) is 12.3 Å². The number of carbonyl (C=O) groups is 2. The lowest BCUT2D eigenvalue weighted by molar-refractivity contribution is -0.332. The van der Waals surface area contributed by atoms with Crippen LogP contribution in [0.3, 0.4) is 0 Å². The van der Waals surface area contributed by atoms with Crippen LogP contribution in [0.1, 0.15) is 47.0 Å². The smallest absolute Gasteiger partial charge is 0.328 e. The van der Waals surface area contributed by atoms with Gasteiger partial charge >= 0.3 is 5.97 Å². The number of amides is 1. The van der Waals surface area contributed by atoms with Gasteiger partial charge < -0.3 is 49.1 Å². The summed E-state index contributed by atoms with van der Waals surface area (Å²) in [5.74, 6) is -3.37. The fraction of sp³-hybridized carbons (Fsp3) is 0.677. The Morgan fingerprint density at radius 3 is 2.49 bits per heavy atom. The van der Waals surface area contributed by atoms with Gasteiger partial charge in [-0.05, 0) is 13.3 Å². The van der Waals surface area contributed by atoms with Gasteiger partial charge in [0, 0.05) is 44.5 Å². The number of hydrogen-bond acceptors (Lipinski definition) is 10. The van der Waals surface area contributed by atoms with Crippen molar-refractivity contribution in [2.24, 2.45) is 11.3 Å². The zero-order chi connectivity index (χ0) is 31.9. The number of aliphatic hydroxyl groups is 2. The number of carboxylic acid groups (broad SMARTS) is 1. The molecular weight excluding hydrogens is 562 g/mol. The fourth-order valence-electron chi connectivity index (χ4n) is 5.84. The molecule has 0 bridgehead atoms. The topological polar surface area (TPSA) is 162 Å². The Hall–Kier alpha value is -2.42. The number of methoxy groups -OCH3 is 2. The van der Waals surface area contributed by atoms with Gasteiger partial charge in [0.25, 0.3) is 5.91 Å². The van der Waals surface area contributed by atoms with Crippen molar-refractivity contribution in [3.8, 4) is 0 Å². The maximum absolute atomic E-state index is 13.4. The Bertz CT molecular complexity index is 1070. The number of aliphatic carboxylic acids is 1. The Kier molecular flexibility index (Phi) is 12.3. The van der Waals surface area contributed by atoms with E-state index in [0.29, 0.717) is 6.42 Å². The van der Waals surface area contributed by atoms with Crippen LogP contribution in [0.15, 0.2) is 48.6 Å². The molecule has 12 nitrogen and oxygen atoms in total. The largest absolute Gasteiger partial charge is 0.478 e. The molecule has 1 amide bonds. The molecule has 3 aliphatic heterocycles. The number of ether oxygens (including phenoxy) is 6. The Labute approximate surface area is 253 Å². The van der Waals surface area contributed by atoms with Crippen LogP contribution in [0.25, 0.3) is 0 Å². The summed E-state index contributed by atoms with van der Waals surface area (Å²) in [5.41, 5.74) is 0.207. The molecule has 0 aromatic rings. The van der Waals surface area contributed by atoms with Gasteiger partial charge in [-0.3, -0.25) is 4.79 Å². The molecule has 12 heteroatoms. The zero-order valence-corrected chi connectivity index (χ0v) is 25.8. The van der Waals surface area contributed by atoms with Crippen molar-refractivity contribution in [1.29, 1.82) is 0 Å².